The highest BCUT2D eigenvalue weighted by molar-refractivity contribution is 5.99. The number of amides is 2. The highest BCUT2D eigenvalue weighted by Crippen LogP contribution is 2.29. The van der Waals surface area contributed by atoms with Crippen molar-refractivity contribution in [3.05, 3.63) is 60.2 Å². The molecule has 1 heterocycles. The van der Waals surface area contributed by atoms with Crippen LogP contribution in [0.3, 0.4) is 0 Å². The summed E-state index contributed by atoms with van der Waals surface area (Å²) in [6.45, 7) is 0.505. The lowest BCUT2D eigenvalue weighted by Gasteiger charge is -2.27. The van der Waals surface area contributed by atoms with Gasteiger partial charge in [-0.1, -0.05) is 42.5 Å². The van der Waals surface area contributed by atoms with Crippen LogP contribution in [0.2, 0.25) is 0 Å². The minimum atomic E-state index is -0.796. The molecule has 1 N–H and O–H groups in total. The van der Waals surface area contributed by atoms with Gasteiger partial charge in [-0.05, 0) is 17.7 Å². The number of benzene rings is 2. The normalized spacial score (nSPS) is 16.0. The van der Waals surface area contributed by atoms with E-state index in [0.29, 0.717) is 18.0 Å². The van der Waals surface area contributed by atoms with Crippen molar-refractivity contribution in [2.45, 2.75) is 19.1 Å². The Labute approximate surface area is 134 Å². The number of fused-ring (bicyclic) bond motifs is 1. The van der Waals surface area contributed by atoms with Crippen LogP contribution < -0.4 is 10.1 Å². The zero-order valence-corrected chi connectivity index (χ0v) is 12.9. The van der Waals surface area contributed by atoms with Gasteiger partial charge in [0.05, 0.1) is 12.1 Å². The SMILES string of the molecule is CN(Cc1ccccc1)C(=O)CC1Oc2ccccc2NC1=O. The first-order valence-electron chi connectivity index (χ1n) is 7.48. The van der Waals surface area contributed by atoms with Gasteiger partial charge in [0.1, 0.15) is 5.75 Å². The van der Waals surface area contributed by atoms with Gasteiger partial charge in [0.15, 0.2) is 6.10 Å². The summed E-state index contributed by atoms with van der Waals surface area (Å²) < 4.78 is 5.66. The number of para-hydroxylation sites is 2. The summed E-state index contributed by atoms with van der Waals surface area (Å²) in [4.78, 5) is 26.0. The summed E-state index contributed by atoms with van der Waals surface area (Å²) in [6, 6.07) is 16.9. The van der Waals surface area contributed by atoms with Crippen molar-refractivity contribution in [1.82, 2.24) is 4.90 Å². The van der Waals surface area contributed by atoms with Crippen molar-refractivity contribution in [3.63, 3.8) is 0 Å². The summed E-state index contributed by atoms with van der Waals surface area (Å²) in [5.41, 5.74) is 1.68. The van der Waals surface area contributed by atoms with E-state index in [0.717, 1.165) is 5.56 Å². The number of carbonyl (C=O) groups excluding carboxylic acids is 2. The molecule has 0 saturated carbocycles. The van der Waals surface area contributed by atoms with E-state index in [2.05, 4.69) is 5.32 Å². The maximum Gasteiger partial charge on any atom is 0.266 e. The van der Waals surface area contributed by atoms with E-state index < -0.39 is 6.10 Å². The van der Waals surface area contributed by atoms with Gasteiger partial charge in [0.25, 0.3) is 5.91 Å². The first-order valence-corrected chi connectivity index (χ1v) is 7.48. The van der Waals surface area contributed by atoms with Crippen molar-refractivity contribution in [3.8, 4) is 5.75 Å². The van der Waals surface area contributed by atoms with Crippen molar-refractivity contribution in [2.24, 2.45) is 0 Å². The van der Waals surface area contributed by atoms with Gasteiger partial charge >= 0.3 is 0 Å². The fraction of sp³-hybridized carbons (Fsp3) is 0.222. The standard InChI is InChI=1S/C18H18N2O3/c1-20(12-13-7-3-2-4-8-13)17(21)11-16-18(22)19-14-9-5-6-10-15(14)23-16/h2-10,16H,11-12H2,1H3,(H,19,22). The molecule has 1 atom stereocenters. The Morgan fingerprint density at radius 1 is 1.13 bits per heavy atom. The van der Waals surface area contributed by atoms with Crippen LogP contribution in [0, 0.1) is 0 Å². The van der Waals surface area contributed by atoms with Crippen molar-refractivity contribution in [2.75, 3.05) is 12.4 Å². The Balaban J connectivity index is 1.63. The van der Waals surface area contributed by atoms with Gasteiger partial charge in [-0.25, -0.2) is 0 Å². The van der Waals surface area contributed by atoms with Crippen molar-refractivity contribution < 1.29 is 14.3 Å². The smallest absolute Gasteiger partial charge is 0.266 e. The number of nitrogens with zero attached hydrogens (tertiary/aromatic N) is 1. The molecular weight excluding hydrogens is 292 g/mol. The lowest BCUT2D eigenvalue weighted by atomic mass is 10.1. The second-order valence-electron chi connectivity index (χ2n) is 5.53. The molecule has 0 bridgehead atoms. The Hall–Kier alpha value is -2.82. The highest BCUT2D eigenvalue weighted by atomic mass is 16.5. The Morgan fingerprint density at radius 3 is 2.61 bits per heavy atom. The van der Waals surface area contributed by atoms with Crippen LogP contribution in [0.1, 0.15) is 12.0 Å². The second kappa shape index (κ2) is 6.52. The average molecular weight is 310 g/mol. The summed E-state index contributed by atoms with van der Waals surface area (Å²) in [5.74, 6) is 0.175. The summed E-state index contributed by atoms with van der Waals surface area (Å²) in [6.07, 6.45) is -0.778. The fourth-order valence-corrected chi connectivity index (χ4v) is 2.49. The van der Waals surface area contributed by atoms with Crippen LogP contribution >= 0.6 is 0 Å². The first kappa shape index (κ1) is 15.1. The topological polar surface area (TPSA) is 58.6 Å². The van der Waals surface area contributed by atoms with Crippen LogP contribution in [0.4, 0.5) is 5.69 Å². The molecule has 3 rings (SSSR count). The minimum Gasteiger partial charge on any atom is -0.478 e. The number of nitrogens with one attached hydrogen (secondary N) is 1. The van der Waals surface area contributed by atoms with Crippen molar-refractivity contribution in [1.29, 1.82) is 0 Å². The lowest BCUT2D eigenvalue weighted by Crippen LogP contribution is -2.41. The molecule has 23 heavy (non-hydrogen) atoms. The quantitative estimate of drug-likeness (QED) is 0.943. The molecule has 118 valence electrons. The van der Waals surface area contributed by atoms with E-state index in [1.54, 1.807) is 24.1 Å². The predicted molar refractivity (Wildman–Crippen MR) is 87.0 cm³/mol. The van der Waals surface area contributed by atoms with Gasteiger partial charge in [-0.15, -0.1) is 0 Å². The molecule has 5 heteroatoms. The molecular formula is C18H18N2O3. The maximum atomic E-state index is 12.3. The zero-order chi connectivity index (χ0) is 16.2. The third-order valence-electron chi connectivity index (χ3n) is 3.75. The fourth-order valence-electron chi connectivity index (χ4n) is 2.49. The third kappa shape index (κ3) is 3.51. The van der Waals surface area contributed by atoms with Crippen LogP contribution in [-0.4, -0.2) is 29.9 Å². The van der Waals surface area contributed by atoms with E-state index in [1.165, 1.54) is 0 Å². The number of carbonyl (C=O) groups is 2. The molecule has 0 saturated heterocycles. The molecule has 1 unspecified atom stereocenters. The highest BCUT2D eigenvalue weighted by Gasteiger charge is 2.30. The number of hydrogen-bond donors (Lipinski definition) is 1. The van der Waals surface area contributed by atoms with Gasteiger partial charge in [-0.2, -0.15) is 0 Å². The largest absolute Gasteiger partial charge is 0.478 e. The average Bonchev–Trinajstić information content (AvgIpc) is 2.56. The monoisotopic (exact) mass is 310 g/mol. The Kier molecular flexibility index (Phi) is 4.28. The molecule has 2 amide bonds. The molecule has 0 fully saturated rings. The zero-order valence-electron chi connectivity index (χ0n) is 12.9. The Morgan fingerprint density at radius 2 is 1.83 bits per heavy atom. The van der Waals surface area contributed by atoms with Crippen LogP contribution in [0.25, 0.3) is 0 Å². The summed E-state index contributed by atoms with van der Waals surface area (Å²) in [5, 5.41) is 2.77. The molecule has 5 nitrogen and oxygen atoms in total. The molecule has 0 aromatic heterocycles. The summed E-state index contributed by atoms with van der Waals surface area (Å²) in [7, 11) is 1.73. The second-order valence-corrected chi connectivity index (χ2v) is 5.53. The predicted octanol–water partition coefficient (Wildman–Crippen LogP) is 2.43. The molecule has 0 radical (unpaired) electrons. The van der Waals surface area contributed by atoms with E-state index in [1.807, 2.05) is 42.5 Å². The molecule has 1 aliphatic rings. The number of anilines is 1. The minimum absolute atomic E-state index is 0.0174. The van der Waals surface area contributed by atoms with Crippen LogP contribution in [0.15, 0.2) is 54.6 Å². The van der Waals surface area contributed by atoms with Gasteiger partial charge in [0, 0.05) is 13.6 Å². The van der Waals surface area contributed by atoms with Crippen LogP contribution in [0.5, 0.6) is 5.75 Å². The number of rotatable bonds is 4. The van der Waals surface area contributed by atoms with E-state index in [9.17, 15) is 9.59 Å². The van der Waals surface area contributed by atoms with Gasteiger partial charge < -0.3 is 15.0 Å². The first-order chi connectivity index (χ1) is 11.1. The maximum absolute atomic E-state index is 12.3. The molecule has 0 spiro atoms. The lowest BCUT2D eigenvalue weighted by molar-refractivity contribution is -0.136. The van der Waals surface area contributed by atoms with Gasteiger partial charge in [-0.3, -0.25) is 9.59 Å². The van der Waals surface area contributed by atoms with E-state index in [-0.39, 0.29) is 18.2 Å². The molecule has 2 aromatic carbocycles. The van der Waals surface area contributed by atoms with E-state index >= 15 is 0 Å². The summed E-state index contributed by atoms with van der Waals surface area (Å²) >= 11 is 0. The number of hydrogen-bond acceptors (Lipinski definition) is 3. The van der Waals surface area contributed by atoms with E-state index in [4.69, 9.17) is 4.74 Å². The van der Waals surface area contributed by atoms with Crippen LogP contribution in [-0.2, 0) is 16.1 Å². The number of ether oxygens (including phenoxy) is 1. The molecule has 1 aliphatic heterocycles. The third-order valence-corrected chi connectivity index (χ3v) is 3.75. The molecule has 2 aromatic rings. The van der Waals surface area contributed by atoms with Crippen molar-refractivity contribution >= 4 is 17.5 Å². The Bertz CT molecular complexity index is 715. The molecule has 0 aliphatic carbocycles. The van der Waals surface area contributed by atoms with Gasteiger partial charge in [0.2, 0.25) is 5.91 Å².